The van der Waals surface area contributed by atoms with Gasteiger partial charge in [0.1, 0.15) is 12.4 Å². The molecule has 2 aromatic carbocycles. The van der Waals surface area contributed by atoms with E-state index in [1.54, 1.807) is 12.1 Å². The van der Waals surface area contributed by atoms with Gasteiger partial charge < -0.3 is 9.84 Å². The minimum Gasteiger partial charge on any atom is -0.493 e. The molecule has 0 saturated carbocycles. The molecular formula is C15H13BrO4S. The van der Waals surface area contributed by atoms with Crippen LogP contribution in [0.15, 0.2) is 57.9 Å². The van der Waals surface area contributed by atoms with Crippen LogP contribution in [-0.4, -0.2) is 27.6 Å². The monoisotopic (exact) mass is 368 g/mol. The van der Waals surface area contributed by atoms with Crippen molar-refractivity contribution in [1.29, 1.82) is 0 Å². The molecule has 2 aromatic rings. The second-order valence-electron chi connectivity index (χ2n) is 4.16. The summed E-state index contributed by atoms with van der Waals surface area (Å²) in [5.41, 5.74) is 0.0521. The summed E-state index contributed by atoms with van der Waals surface area (Å²) in [5.74, 6) is -0.164. The van der Waals surface area contributed by atoms with Gasteiger partial charge in [0.25, 0.3) is 0 Å². The van der Waals surface area contributed by atoms with Gasteiger partial charge in [-0.25, -0.2) is 4.79 Å². The molecule has 0 heterocycles. The number of rotatable bonds is 6. The van der Waals surface area contributed by atoms with Crippen LogP contribution in [0.5, 0.6) is 5.75 Å². The topological polar surface area (TPSA) is 63.6 Å². The smallest absolute Gasteiger partial charge is 0.336 e. The van der Waals surface area contributed by atoms with E-state index in [1.807, 2.05) is 30.3 Å². The van der Waals surface area contributed by atoms with Gasteiger partial charge >= 0.3 is 5.97 Å². The van der Waals surface area contributed by atoms with Gasteiger partial charge in [-0.15, -0.1) is 0 Å². The van der Waals surface area contributed by atoms with E-state index in [-0.39, 0.29) is 17.9 Å². The van der Waals surface area contributed by atoms with Crippen LogP contribution >= 0.6 is 15.9 Å². The third-order valence-corrected chi connectivity index (χ3v) is 4.56. The Labute approximate surface area is 133 Å². The summed E-state index contributed by atoms with van der Waals surface area (Å²) in [6.45, 7) is 0.252. The quantitative estimate of drug-likeness (QED) is 0.849. The van der Waals surface area contributed by atoms with Gasteiger partial charge in [0.05, 0.1) is 27.0 Å². The molecule has 0 saturated heterocycles. The van der Waals surface area contributed by atoms with Crippen molar-refractivity contribution >= 4 is 32.7 Å². The summed E-state index contributed by atoms with van der Waals surface area (Å²) in [7, 11) is -1.44. The number of carboxylic acid groups (broad SMARTS) is 1. The summed E-state index contributed by atoms with van der Waals surface area (Å²) >= 11 is 3.26. The zero-order valence-electron chi connectivity index (χ0n) is 11.0. The Bertz CT molecular complexity index is 658. The molecule has 0 radical (unpaired) electrons. The third kappa shape index (κ3) is 4.41. The molecule has 110 valence electrons. The molecule has 0 bridgehead atoms. The lowest BCUT2D eigenvalue weighted by molar-refractivity contribution is 0.0693. The van der Waals surface area contributed by atoms with Gasteiger partial charge in [-0.05, 0) is 30.3 Å². The highest BCUT2D eigenvalue weighted by Crippen LogP contribution is 2.20. The average Bonchev–Trinajstić information content (AvgIpc) is 2.47. The number of ether oxygens (including phenoxy) is 1. The molecular weight excluding hydrogens is 356 g/mol. The summed E-state index contributed by atoms with van der Waals surface area (Å²) in [5, 5.41) is 9.13. The highest BCUT2D eigenvalue weighted by Gasteiger charge is 2.15. The van der Waals surface area contributed by atoms with E-state index in [2.05, 4.69) is 15.9 Å². The van der Waals surface area contributed by atoms with Crippen molar-refractivity contribution < 1.29 is 18.8 Å². The van der Waals surface area contributed by atoms with Crippen molar-refractivity contribution in [3.05, 3.63) is 58.6 Å². The van der Waals surface area contributed by atoms with Crippen LogP contribution in [0.4, 0.5) is 0 Å². The van der Waals surface area contributed by atoms with Gasteiger partial charge in [-0.2, -0.15) is 0 Å². The molecule has 2 rings (SSSR count). The number of halogens is 1. The number of hydrogen-bond donors (Lipinski definition) is 1. The van der Waals surface area contributed by atoms with Crippen molar-refractivity contribution in [3.63, 3.8) is 0 Å². The molecule has 0 aliphatic heterocycles. The van der Waals surface area contributed by atoms with E-state index in [0.717, 1.165) is 0 Å². The first-order valence-corrected chi connectivity index (χ1v) is 8.28. The highest BCUT2D eigenvalue weighted by atomic mass is 79.9. The predicted octanol–water partition coefficient (Wildman–Crippen LogP) is 3.33. The van der Waals surface area contributed by atoms with Crippen LogP contribution in [0.25, 0.3) is 0 Å². The Morgan fingerprint density at radius 2 is 1.90 bits per heavy atom. The number of para-hydroxylation sites is 1. The van der Waals surface area contributed by atoms with Crippen molar-refractivity contribution in [2.45, 2.75) is 4.90 Å². The lowest BCUT2D eigenvalue weighted by Gasteiger charge is -2.08. The number of aromatic carboxylic acids is 1. The molecule has 0 aliphatic rings. The Balaban J connectivity index is 2.03. The second-order valence-corrected chi connectivity index (χ2v) is 6.61. The molecule has 6 heteroatoms. The van der Waals surface area contributed by atoms with Crippen LogP contribution in [-0.2, 0) is 10.8 Å². The van der Waals surface area contributed by atoms with E-state index in [1.165, 1.54) is 6.07 Å². The van der Waals surface area contributed by atoms with Crippen LogP contribution in [0.1, 0.15) is 10.4 Å². The van der Waals surface area contributed by atoms with Gasteiger partial charge in [0, 0.05) is 4.47 Å². The fourth-order valence-corrected chi connectivity index (χ4v) is 3.35. The lowest BCUT2D eigenvalue weighted by atomic mass is 10.2. The van der Waals surface area contributed by atoms with Crippen LogP contribution in [0, 0.1) is 0 Å². The maximum absolute atomic E-state index is 12.3. The van der Waals surface area contributed by atoms with Gasteiger partial charge in [-0.3, -0.25) is 4.21 Å². The Morgan fingerprint density at radius 3 is 2.57 bits per heavy atom. The second kappa shape index (κ2) is 7.38. The predicted molar refractivity (Wildman–Crippen MR) is 84.3 cm³/mol. The largest absolute Gasteiger partial charge is 0.493 e. The van der Waals surface area contributed by atoms with Crippen molar-refractivity contribution in [1.82, 2.24) is 0 Å². The number of benzene rings is 2. The van der Waals surface area contributed by atoms with Crippen molar-refractivity contribution in [2.24, 2.45) is 0 Å². The van der Waals surface area contributed by atoms with Crippen molar-refractivity contribution in [3.8, 4) is 5.75 Å². The first-order chi connectivity index (χ1) is 10.1. The zero-order chi connectivity index (χ0) is 15.2. The van der Waals surface area contributed by atoms with E-state index < -0.39 is 16.8 Å². The SMILES string of the molecule is O=C(O)c1ccc(Br)cc1S(=O)CCOc1ccccc1. The minimum atomic E-state index is -1.44. The van der Waals surface area contributed by atoms with Gasteiger partial charge in [0.15, 0.2) is 0 Å². The normalized spacial score (nSPS) is 11.9. The standard InChI is InChI=1S/C15H13BrO4S/c16-11-6-7-13(15(17)18)14(10-11)21(19)9-8-20-12-4-2-1-3-5-12/h1-7,10H,8-9H2,(H,17,18). The van der Waals surface area contributed by atoms with Crippen LogP contribution in [0.2, 0.25) is 0 Å². The summed E-state index contributed by atoms with van der Waals surface area (Å²) in [6, 6.07) is 13.8. The Kier molecular flexibility index (Phi) is 5.52. The molecule has 4 nitrogen and oxygen atoms in total. The number of hydrogen-bond acceptors (Lipinski definition) is 3. The summed E-state index contributed by atoms with van der Waals surface area (Å²) in [4.78, 5) is 11.5. The molecule has 0 fully saturated rings. The van der Waals surface area contributed by atoms with Crippen LogP contribution in [0.3, 0.4) is 0 Å². The highest BCUT2D eigenvalue weighted by molar-refractivity contribution is 9.10. The van der Waals surface area contributed by atoms with E-state index in [4.69, 9.17) is 9.84 Å². The summed E-state index contributed by atoms with van der Waals surface area (Å²) in [6.07, 6.45) is 0. The average molecular weight is 369 g/mol. The fourth-order valence-electron chi connectivity index (χ4n) is 1.72. The van der Waals surface area contributed by atoms with E-state index in [9.17, 15) is 9.00 Å². The van der Waals surface area contributed by atoms with E-state index in [0.29, 0.717) is 15.1 Å². The number of carboxylic acids is 1. The summed E-state index contributed by atoms with van der Waals surface area (Å²) < 4.78 is 18.4. The molecule has 0 amide bonds. The number of carbonyl (C=O) groups is 1. The molecule has 0 aromatic heterocycles. The fraction of sp³-hybridized carbons (Fsp3) is 0.133. The Hall–Kier alpha value is -1.66. The molecule has 0 aliphatic carbocycles. The molecule has 1 N–H and O–H groups in total. The third-order valence-electron chi connectivity index (χ3n) is 2.70. The molecule has 1 unspecified atom stereocenters. The minimum absolute atomic E-state index is 0.0521. The first-order valence-electron chi connectivity index (χ1n) is 6.17. The maximum atomic E-state index is 12.3. The van der Waals surface area contributed by atoms with Crippen molar-refractivity contribution in [2.75, 3.05) is 12.4 Å². The molecule has 0 spiro atoms. The molecule has 1 atom stereocenters. The first kappa shape index (κ1) is 15.7. The van der Waals surface area contributed by atoms with Crippen LogP contribution < -0.4 is 4.74 Å². The molecule has 21 heavy (non-hydrogen) atoms. The van der Waals surface area contributed by atoms with Gasteiger partial charge in [0.2, 0.25) is 0 Å². The Morgan fingerprint density at radius 1 is 1.19 bits per heavy atom. The zero-order valence-corrected chi connectivity index (χ0v) is 13.4. The van der Waals surface area contributed by atoms with E-state index >= 15 is 0 Å². The maximum Gasteiger partial charge on any atom is 0.336 e. The lowest BCUT2D eigenvalue weighted by Crippen LogP contribution is -2.12. The van der Waals surface area contributed by atoms with Gasteiger partial charge in [-0.1, -0.05) is 34.1 Å².